The van der Waals surface area contributed by atoms with Crippen LogP contribution in [0, 0.1) is 5.92 Å². The van der Waals surface area contributed by atoms with Crippen LogP contribution in [0.25, 0.3) is 0 Å². The van der Waals surface area contributed by atoms with E-state index in [1.807, 2.05) is 19.9 Å². The molecule has 1 aromatic heterocycles. The van der Waals surface area contributed by atoms with E-state index in [9.17, 15) is 13.2 Å². The number of benzene rings is 2. The smallest absolute Gasteiger partial charge is 0.339 e. The molecule has 1 amide bonds. The number of hydrogen-bond donors (Lipinski definition) is 0. The van der Waals surface area contributed by atoms with Crippen LogP contribution in [-0.2, 0) is 28.0 Å². The van der Waals surface area contributed by atoms with Crippen molar-refractivity contribution in [2.45, 2.75) is 31.8 Å². The highest BCUT2D eigenvalue weighted by atomic mass is 32.2. The standard InChI is InChI=1S/C23H25NO6S/c1-17(2)23(25)24(16-21-5-4-14-29-21)15-18-6-8-20(9-7-18)30-31(26,27)22-12-10-19(28-3)11-13-22/h4-14,17H,15-16H2,1-3H3. The van der Waals surface area contributed by atoms with E-state index in [4.69, 9.17) is 13.3 Å². The van der Waals surface area contributed by atoms with Gasteiger partial charge in [-0.15, -0.1) is 0 Å². The number of rotatable bonds is 9. The van der Waals surface area contributed by atoms with Crippen LogP contribution in [0.3, 0.4) is 0 Å². The number of methoxy groups -OCH3 is 1. The molecular weight excluding hydrogens is 418 g/mol. The van der Waals surface area contributed by atoms with Crippen LogP contribution in [0.2, 0.25) is 0 Å². The number of nitrogens with zero attached hydrogens (tertiary/aromatic N) is 1. The minimum atomic E-state index is -3.97. The van der Waals surface area contributed by atoms with Crippen molar-refractivity contribution in [3.8, 4) is 11.5 Å². The zero-order valence-electron chi connectivity index (χ0n) is 17.6. The largest absolute Gasteiger partial charge is 0.497 e. The molecule has 8 heteroatoms. The Morgan fingerprint density at radius 2 is 1.61 bits per heavy atom. The third-order valence-corrected chi connectivity index (χ3v) is 5.84. The summed E-state index contributed by atoms with van der Waals surface area (Å²) in [7, 11) is -2.46. The molecule has 0 aliphatic rings. The van der Waals surface area contributed by atoms with E-state index in [0.717, 1.165) is 5.56 Å². The fraction of sp³-hybridized carbons (Fsp3) is 0.261. The number of ether oxygens (including phenoxy) is 1. The van der Waals surface area contributed by atoms with Crippen molar-refractivity contribution < 1.29 is 26.5 Å². The summed E-state index contributed by atoms with van der Waals surface area (Å²) in [4.78, 5) is 14.3. The quantitative estimate of drug-likeness (QED) is 0.460. The lowest BCUT2D eigenvalue weighted by Crippen LogP contribution is -2.33. The molecule has 0 spiro atoms. The van der Waals surface area contributed by atoms with Gasteiger partial charge in [-0.2, -0.15) is 8.42 Å². The maximum Gasteiger partial charge on any atom is 0.339 e. The molecule has 0 atom stereocenters. The van der Waals surface area contributed by atoms with Gasteiger partial charge in [0.1, 0.15) is 22.2 Å². The van der Waals surface area contributed by atoms with Gasteiger partial charge in [-0.25, -0.2) is 0 Å². The molecule has 0 radical (unpaired) electrons. The average molecular weight is 444 g/mol. The number of hydrogen-bond acceptors (Lipinski definition) is 6. The molecule has 0 N–H and O–H groups in total. The van der Waals surface area contributed by atoms with Crippen LogP contribution in [-0.4, -0.2) is 26.3 Å². The van der Waals surface area contributed by atoms with Gasteiger partial charge in [0, 0.05) is 12.5 Å². The highest BCUT2D eigenvalue weighted by molar-refractivity contribution is 7.87. The lowest BCUT2D eigenvalue weighted by Gasteiger charge is -2.24. The van der Waals surface area contributed by atoms with Gasteiger partial charge >= 0.3 is 10.1 Å². The summed E-state index contributed by atoms with van der Waals surface area (Å²) in [6, 6.07) is 16.2. The first-order valence-corrected chi connectivity index (χ1v) is 11.2. The topological polar surface area (TPSA) is 86.1 Å². The van der Waals surface area contributed by atoms with Gasteiger partial charge in [-0.3, -0.25) is 4.79 Å². The molecule has 0 aliphatic heterocycles. The van der Waals surface area contributed by atoms with Crippen molar-refractivity contribution in [3.05, 3.63) is 78.3 Å². The summed E-state index contributed by atoms with van der Waals surface area (Å²) >= 11 is 0. The molecule has 0 unspecified atom stereocenters. The van der Waals surface area contributed by atoms with E-state index < -0.39 is 10.1 Å². The summed E-state index contributed by atoms with van der Waals surface area (Å²) < 4.78 is 40.6. The molecule has 0 aliphatic carbocycles. The number of carbonyl (C=O) groups excluding carboxylic acids is 1. The Morgan fingerprint density at radius 3 is 2.16 bits per heavy atom. The highest BCUT2D eigenvalue weighted by Gasteiger charge is 2.20. The molecule has 0 bridgehead atoms. The van der Waals surface area contributed by atoms with Crippen LogP contribution in [0.1, 0.15) is 25.2 Å². The van der Waals surface area contributed by atoms with Crippen molar-refractivity contribution in [2.24, 2.45) is 5.92 Å². The molecule has 0 saturated carbocycles. The Kier molecular flexibility index (Phi) is 7.02. The molecule has 3 aromatic rings. The van der Waals surface area contributed by atoms with Crippen LogP contribution in [0.5, 0.6) is 11.5 Å². The molecule has 7 nitrogen and oxygen atoms in total. The fourth-order valence-corrected chi connectivity index (χ4v) is 3.89. The summed E-state index contributed by atoms with van der Waals surface area (Å²) in [5.74, 6) is 1.27. The minimum absolute atomic E-state index is 0.00110. The van der Waals surface area contributed by atoms with Crippen LogP contribution in [0.15, 0.2) is 76.2 Å². The van der Waals surface area contributed by atoms with Crippen LogP contribution in [0.4, 0.5) is 0 Å². The number of amides is 1. The van der Waals surface area contributed by atoms with Gasteiger partial charge < -0.3 is 18.2 Å². The van der Waals surface area contributed by atoms with Gasteiger partial charge in [-0.1, -0.05) is 26.0 Å². The molecule has 0 fully saturated rings. The third-order valence-electron chi connectivity index (χ3n) is 4.58. The van der Waals surface area contributed by atoms with E-state index in [1.54, 1.807) is 53.6 Å². The first-order chi connectivity index (χ1) is 14.8. The Labute approximate surface area is 182 Å². The Hall–Kier alpha value is -3.26. The molecule has 0 saturated heterocycles. The van der Waals surface area contributed by atoms with Crippen molar-refractivity contribution in [1.29, 1.82) is 0 Å². The van der Waals surface area contributed by atoms with Crippen LogP contribution >= 0.6 is 0 Å². The Balaban J connectivity index is 1.71. The van der Waals surface area contributed by atoms with E-state index in [0.29, 0.717) is 24.6 Å². The second kappa shape index (κ2) is 9.70. The van der Waals surface area contributed by atoms with Gasteiger partial charge in [0.05, 0.1) is 19.9 Å². The highest BCUT2D eigenvalue weighted by Crippen LogP contribution is 2.22. The van der Waals surface area contributed by atoms with E-state index in [2.05, 4.69) is 0 Å². The predicted octanol–water partition coefficient (Wildman–Crippen LogP) is 4.24. The average Bonchev–Trinajstić information content (AvgIpc) is 3.27. The van der Waals surface area contributed by atoms with Crippen molar-refractivity contribution in [3.63, 3.8) is 0 Å². The maximum atomic E-state index is 12.6. The summed E-state index contributed by atoms with van der Waals surface area (Å²) in [6.45, 7) is 4.41. The summed E-state index contributed by atoms with van der Waals surface area (Å²) in [6.07, 6.45) is 1.57. The van der Waals surface area contributed by atoms with Crippen molar-refractivity contribution >= 4 is 16.0 Å². The van der Waals surface area contributed by atoms with Crippen LogP contribution < -0.4 is 8.92 Å². The van der Waals surface area contributed by atoms with Gasteiger partial charge in [-0.05, 0) is 54.1 Å². The lowest BCUT2D eigenvalue weighted by atomic mass is 10.1. The molecular formula is C23H25NO6S. The first kappa shape index (κ1) is 22.4. The normalized spacial score (nSPS) is 11.4. The van der Waals surface area contributed by atoms with Gasteiger partial charge in [0.15, 0.2) is 0 Å². The monoisotopic (exact) mass is 443 g/mol. The minimum Gasteiger partial charge on any atom is -0.497 e. The van der Waals surface area contributed by atoms with Crippen molar-refractivity contribution in [1.82, 2.24) is 4.90 Å². The first-order valence-electron chi connectivity index (χ1n) is 9.77. The Bertz CT molecular complexity index is 1090. The number of furan rings is 1. The van der Waals surface area contributed by atoms with Gasteiger partial charge in [0.2, 0.25) is 5.91 Å². The zero-order chi connectivity index (χ0) is 22.4. The molecule has 2 aromatic carbocycles. The van der Waals surface area contributed by atoms with Gasteiger partial charge in [0.25, 0.3) is 0 Å². The van der Waals surface area contributed by atoms with E-state index in [1.165, 1.54) is 19.2 Å². The SMILES string of the molecule is COc1ccc(S(=O)(=O)Oc2ccc(CN(Cc3ccco3)C(=O)C(C)C)cc2)cc1. The second-order valence-corrected chi connectivity index (χ2v) is 8.83. The van der Waals surface area contributed by atoms with Crippen molar-refractivity contribution in [2.75, 3.05) is 7.11 Å². The Morgan fingerprint density at radius 1 is 0.968 bits per heavy atom. The fourth-order valence-electron chi connectivity index (χ4n) is 2.96. The summed E-state index contributed by atoms with van der Waals surface area (Å²) in [5, 5.41) is 0. The third kappa shape index (κ3) is 5.88. The molecule has 164 valence electrons. The maximum absolute atomic E-state index is 12.6. The molecule has 31 heavy (non-hydrogen) atoms. The number of carbonyl (C=O) groups is 1. The van der Waals surface area contributed by atoms with E-state index >= 15 is 0 Å². The second-order valence-electron chi connectivity index (χ2n) is 7.29. The summed E-state index contributed by atoms with van der Waals surface area (Å²) in [5.41, 5.74) is 0.842. The molecule has 3 rings (SSSR count). The zero-order valence-corrected chi connectivity index (χ0v) is 18.5. The van der Waals surface area contributed by atoms with E-state index in [-0.39, 0.29) is 22.5 Å². The predicted molar refractivity (Wildman–Crippen MR) is 115 cm³/mol. The lowest BCUT2D eigenvalue weighted by molar-refractivity contribution is -0.136. The molecule has 1 heterocycles.